The van der Waals surface area contributed by atoms with Gasteiger partial charge in [-0.05, 0) is 37.1 Å². The van der Waals surface area contributed by atoms with E-state index in [1.54, 1.807) is 6.20 Å². The first kappa shape index (κ1) is 17.2. The first-order chi connectivity index (χ1) is 12.4. The Balaban J connectivity index is 1.55. The summed E-state index contributed by atoms with van der Waals surface area (Å²) < 4.78 is 0. The van der Waals surface area contributed by atoms with Crippen LogP contribution in [0.4, 0.5) is 5.82 Å². The Bertz CT molecular complexity index is 650. The van der Waals surface area contributed by atoms with Crippen molar-refractivity contribution in [2.24, 2.45) is 4.99 Å². The van der Waals surface area contributed by atoms with Gasteiger partial charge in [-0.25, -0.2) is 4.98 Å². The Kier molecular flexibility index (Phi) is 6.20. The number of hydrogen-bond acceptors (Lipinski definition) is 4. The molecule has 0 atom stereocenters. The Labute approximate surface area is 149 Å². The average Bonchev–Trinajstić information content (AvgIpc) is 2.69. The molecule has 1 N–H and O–H groups in total. The zero-order valence-electron chi connectivity index (χ0n) is 14.8. The van der Waals surface area contributed by atoms with E-state index in [2.05, 4.69) is 44.1 Å². The molecule has 0 aromatic carbocycles. The van der Waals surface area contributed by atoms with Gasteiger partial charge in [0.25, 0.3) is 0 Å². The topological polar surface area (TPSA) is 56.7 Å². The molecule has 0 unspecified atom stereocenters. The quantitative estimate of drug-likeness (QED) is 0.666. The van der Waals surface area contributed by atoms with Crippen molar-refractivity contribution in [2.75, 3.05) is 44.2 Å². The maximum atomic E-state index is 4.80. The molecule has 0 radical (unpaired) electrons. The standard InChI is InChI=1S/C19H26N6/c1-2-21-19(23-11-8-17-6-5-9-20-16-17)25-14-12-24(13-15-25)18-7-3-4-10-22-18/h3-7,9-10,16H,2,8,11-15H2,1H3,(H,21,23). The predicted molar refractivity (Wildman–Crippen MR) is 102 cm³/mol. The van der Waals surface area contributed by atoms with Crippen molar-refractivity contribution in [3.8, 4) is 0 Å². The number of nitrogens with zero attached hydrogens (tertiary/aromatic N) is 5. The molecule has 0 spiro atoms. The van der Waals surface area contributed by atoms with E-state index in [-0.39, 0.29) is 0 Å². The number of hydrogen-bond donors (Lipinski definition) is 1. The molecular formula is C19H26N6. The van der Waals surface area contributed by atoms with E-state index >= 15 is 0 Å². The summed E-state index contributed by atoms with van der Waals surface area (Å²) in [4.78, 5) is 18.1. The van der Waals surface area contributed by atoms with E-state index in [1.807, 2.05) is 30.6 Å². The molecule has 1 saturated heterocycles. The largest absolute Gasteiger partial charge is 0.357 e. The highest BCUT2D eigenvalue weighted by Crippen LogP contribution is 2.12. The summed E-state index contributed by atoms with van der Waals surface area (Å²) in [6, 6.07) is 10.1. The minimum absolute atomic E-state index is 0.772. The van der Waals surface area contributed by atoms with E-state index < -0.39 is 0 Å². The third-order valence-corrected chi connectivity index (χ3v) is 4.27. The van der Waals surface area contributed by atoms with Crippen LogP contribution in [-0.2, 0) is 6.42 Å². The van der Waals surface area contributed by atoms with Gasteiger partial charge in [-0.2, -0.15) is 0 Å². The molecule has 0 aliphatic carbocycles. The summed E-state index contributed by atoms with van der Waals surface area (Å²) in [5.74, 6) is 2.06. The minimum Gasteiger partial charge on any atom is -0.357 e. The van der Waals surface area contributed by atoms with Crippen molar-refractivity contribution in [3.05, 3.63) is 54.5 Å². The second-order valence-corrected chi connectivity index (χ2v) is 6.01. The van der Waals surface area contributed by atoms with E-state index in [0.717, 1.165) is 57.5 Å². The molecule has 132 valence electrons. The number of piperazine rings is 1. The average molecular weight is 338 g/mol. The van der Waals surface area contributed by atoms with Crippen molar-refractivity contribution < 1.29 is 0 Å². The molecule has 25 heavy (non-hydrogen) atoms. The van der Waals surface area contributed by atoms with Gasteiger partial charge in [-0.1, -0.05) is 12.1 Å². The number of anilines is 1. The Hall–Kier alpha value is -2.63. The molecule has 3 heterocycles. The summed E-state index contributed by atoms with van der Waals surface area (Å²) in [5, 5.41) is 3.42. The van der Waals surface area contributed by atoms with Crippen LogP contribution in [0.25, 0.3) is 0 Å². The summed E-state index contributed by atoms with van der Waals surface area (Å²) in [6.07, 6.45) is 6.48. The van der Waals surface area contributed by atoms with Crippen LogP contribution in [0.5, 0.6) is 0 Å². The monoisotopic (exact) mass is 338 g/mol. The third-order valence-electron chi connectivity index (χ3n) is 4.27. The molecule has 6 nitrogen and oxygen atoms in total. The molecule has 2 aromatic rings. The fourth-order valence-corrected chi connectivity index (χ4v) is 2.95. The molecule has 0 bridgehead atoms. The van der Waals surface area contributed by atoms with Gasteiger partial charge >= 0.3 is 0 Å². The number of aromatic nitrogens is 2. The maximum absolute atomic E-state index is 4.80. The highest BCUT2D eigenvalue weighted by atomic mass is 15.4. The SMILES string of the molecule is CCNC(=NCCc1cccnc1)N1CCN(c2ccccn2)CC1. The lowest BCUT2D eigenvalue weighted by atomic mass is 10.2. The summed E-state index contributed by atoms with van der Waals surface area (Å²) >= 11 is 0. The van der Waals surface area contributed by atoms with Crippen LogP contribution in [0.15, 0.2) is 53.9 Å². The van der Waals surface area contributed by atoms with Crippen molar-refractivity contribution in [1.82, 2.24) is 20.2 Å². The predicted octanol–water partition coefficient (Wildman–Crippen LogP) is 1.81. The summed E-state index contributed by atoms with van der Waals surface area (Å²) in [5.41, 5.74) is 1.22. The van der Waals surface area contributed by atoms with Crippen molar-refractivity contribution >= 4 is 11.8 Å². The Morgan fingerprint density at radius 2 is 2.00 bits per heavy atom. The fraction of sp³-hybridized carbons (Fsp3) is 0.421. The first-order valence-electron chi connectivity index (χ1n) is 8.95. The lowest BCUT2D eigenvalue weighted by Gasteiger charge is -2.37. The second-order valence-electron chi connectivity index (χ2n) is 6.01. The van der Waals surface area contributed by atoms with Crippen LogP contribution >= 0.6 is 0 Å². The molecular weight excluding hydrogens is 312 g/mol. The van der Waals surface area contributed by atoms with Crippen LogP contribution in [0.2, 0.25) is 0 Å². The van der Waals surface area contributed by atoms with Crippen molar-refractivity contribution in [3.63, 3.8) is 0 Å². The maximum Gasteiger partial charge on any atom is 0.194 e. The van der Waals surface area contributed by atoms with E-state index in [9.17, 15) is 0 Å². The van der Waals surface area contributed by atoms with Crippen LogP contribution in [0.1, 0.15) is 12.5 Å². The molecule has 6 heteroatoms. The first-order valence-corrected chi connectivity index (χ1v) is 8.95. The van der Waals surface area contributed by atoms with Gasteiger partial charge in [-0.15, -0.1) is 0 Å². The number of pyridine rings is 2. The summed E-state index contributed by atoms with van der Waals surface area (Å²) in [6.45, 7) is 7.60. The lowest BCUT2D eigenvalue weighted by Crippen LogP contribution is -2.52. The summed E-state index contributed by atoms with van der Waals surface area (Å²) in [7, 11) is 0. The van der Waals surface area contributed by atoms with Gasteiger partial charge in [-0.3, -0.25) is 9.98 Å². The van der Waals surface area contributed by atoms with E-state index in [0.29, 0.717) is 0 Å². The molecule has 2 aromatic heterocycles. The smallest absolute Gasteiger partial charge is 0.194 e. The molecule has 0 amide bonds. The minimum atomic E-state index is 0.772. The fourth-order valence-electron chi connectivity index (χ4n) is 2.95. The zero-order chi connectivity index (χ0) is 17.3. The van der Waals surface area contributed by atoms with Gasteiger partial charge in [0.15, 0.2) is 5.96 Å². The van der Waals surface area contributed by atoms with Gasteiger partial charge in [0, 0.05) is 57.9 Å². The van der Waals surface area contributed by atoms with Crippen LogP contribution in [0, 0.1) is 0 Å². The highest BCUT2D eigenvalue weighted by molar-refractivity contribution is 5.80. The number of rotatable bonds is 5. The van der Waals surface area contributed by atoms with Gasteiger partial charge < -0.3 is 15.1 Å². The lowest BCUT2D eigenvalue weighted by molar-refractivity contribution is 0.371. The van der Waals surface area contributed by atoms with Crippen LogP contribution in [-0.4, -0.2) is 60.1 Å². The van der Waals surface area contributed by atoms with E-state index in [4.69, 9.17) is 4.99 Å². The number of aliphatic imine (C=N–C) groups is 1. The molecule has 1 aliphatic heterocycles. The van der Waals surface area contributed by atoms with Gasteiger partial charge in [0.1, 0.15) is 5.82 Å². The van der Waals surface area contributed by atoms with Crippen LogP contribution < -0.4 is 10.2 Å². The second kappa shape index (κ2) is 9.01. The number of guanidine groups is 1. The van der Waals surface area contributed by atoms with Crippen LogP contribution in [0.3, 0.4) is 0 Å². The molecule has 3 rings (SSSR count). The Morgan fingerprint density at radius 3 is 2.68 bits per heavy atom. The Morgan fingerprint density at radius 1 is 1.12 bits per heavy atom. The third kappa shape index (κ3) is 4.92. The molecule has 1 aliphatic rings. The van der Waals surface area contributed by atoms with Crippen molar-refractivity contribution in [1.29, 1.82) is 0 Å². The molecule has 0 saturated carbocycles. The normalized spacial score (nSPS) is 15.3. The number of nitrogens with one attached hydrogen (secondary N) is 1. The molecule has 1 fully saturated rings. The zero-order valence-corrected chi connectivity index (χ0v) is 14.8. The van der Waals surface area contributed by atoms with E-state index in [1.165, 1.54) is 5.56 Å². The highest BCUT2D eigenvalue weighted by Gasteiger charge is 2.20. The van der Waals surface area contributed by atoms with Crippen molar-refractivity contribution in [2.45, 2.75) is 13.3 Å². The van der Waals surface area contributed by atoms with Gasteiger partial charge in [0.05, 0.1) is 0 Å². The van der Waals surface area contributed by atoms with Gasteiger partial charge in [0.2, 0.25) is 0 Å².